The van der Waals surface area contributed by atoms with E-state index in [0.717, 1.165) is 44.3 Å². The standard InChI is InChI=1S/C20H28Cl2N2O/c21-18-10-5-11-19(22)17(18)14-24-12-6-7-15(13-24)20(25)23-16-8-3-1-2-4-9-16/h5,10-11,15-16H,1-4,6-9,12-14H2,(H,23,25). The molecule has 1 aromatic carbocycles. The number of amides is 1. The van der Waals surface area contributed by atoms with Crippen LogP contribution in [0.5, 0.6) is 0 Å². The van der Waals surface area contributed by atoms with Crippen molar-refractivity contribution in [2.45, 2.75) is 64.0 Å². The van der Waals surface area contributed by atoms with E-state index in [1.54, 1.807) is 0 Å². The van der Waals surface area contributed by atoms with Gasteiger partial charge in [0.15, 0.2) is 0 Å². The molecule has 1 saturated heterocycles. The lowest BCUT2D eigenvalue weighted by Gasteiger charge is -2.33. The van der Waals surface area contributed by atoms with E-state index >= 15 is 0 Å². The van der Waals surface area contributed by atoms with Gasteiger partial charge in [-0.3, -0.25) is 9.69 Å². The van der Waals surface area contributed by atoms with E-state index in [1.165, 1.54) is 25.7 Å². The molecule has 3 nitrogen and oxygen atoms in total. The van der Waals surface area contributed by atoms with E-state index < -0.39 is 0 Å². The van der Waals surface area contributed by atoms with Crippen LogP contribution in [0.3, 0.4) is 0 Å². The highest BCUT2D eigenvalue weighted by molar-refractivity contribution is 6.35. The van der Waals surface area contributed by atoms with Crippen LogP contribution < -0.4 is 5.32 Å². The Labute approximate surface area is 161 Å². The van der Waals surface area contributed by atoms with Gasteiger partial charge in [-0.2, -0.15) is 0 Å². The van der Waals surface area contributed by atoms with E-state index in [0.29, 0.717) is 22.6 Å². The van der Waals surface area contributed by atoms with Crippen molar-refractivity contribution in [1.82, 2.24) is 10.2 Å². The molecule has 0 aromatic heterocycles. The number of hydrogen-bond acceptors (Lipinski definition) is 2. The number of nitrogens with zero attached hydrogens (tertiary/aromatic N) is 1. The summed E-state index contributed by atoms with van der Waals surface area (Å²) in [4.78, 5) is 15.0. The summed E-state index contributed by atoms with van der Waals surface area (Å²) in [6, 6.07) is 6.00. The Morgan fingerprint density at radius 3 is 2.40 bits per heavy atom. The van der Waals surface area contributed by atoms with E-state index in [-0.39, 0.29) is 11.8 Å². The average Bonchev–Trinajstić information content (AvgIpc) is 2.87. The highest BCUT2D eigenvalue weighted by Crippen LogP contribution is 2.28. The summed E-state index contributed by atoms with van der Waals surface area (Å²) >= 11 is 12.6. The number of nitrogens with one attached hydrogen (secondary N) is 1. The lowest BCUT2D eigenvalue weighted by atomic mass is 9.95. The van der Waals surface area contributed by atoms with E-state index in [1.807, 2.05) is 18.2 Å². The number of halogens is 2. The number of likely N-dealkylation sites (tertiary alicyclic amines) is 1. The molecule has 0 bridgehead atoms. The van der Waals surface area contributed by atoms with Crippen molar-refractivity contribution >= 4 is 29.1 Å². The maximum Gasteiger partial charge on any atom is 0.224 e. The van der Waals surface area contributed by atoms with Crippen LogP contribution in [0.1, 0.15) is 56.9 Å². The molecule has 1 amide bonds. The molecule has 1 aromatic rings. The summed E-state index contributed by atoms with van der Waals surface area (Å²) in [7, 11) is 0. The predicted molar refractivity (Wildman–Crippen MR) is 104 cm³/mol. The normalized spacial score (nSPS) is 23.2. The highest BCUT2D eigenvalue weighted by Gasteiger charge is 2.28. The van der Waals surface area contributed by atoms with E-state index in [4.69, 9.17) is 23.2 Å². The first-order valence-electron chi connectivity index (χ1n) is 9.59. The molecule has 5 heteroatoms. The SMILES string of the molecule is O=C(NC1CCCCCC1)C1CCCN(Cc2c(Cl)cccc2Cl)C1. The fraction of sp³-hybridized carbons (Fsp3) is 0.650. The van der Waals surface area contributed by atoms with E-state index in [9.17, 15) is 4.79 Å². The molecule has 0 radical (unpaired) electrons. The molecule has 1 aliphatic heterocycles. The molecule has 0 spiro atoms. The maximum atomic E-state index is 12.7. The van der Waals surface area contributed by atoms with Crippen molar-refractivity contribution in [3.05, 3.63) is 33.8 Å². The molecule has 3 rings (SSSR count). The van der Waals surface area contributed by atoms with Crippen molar-refractivity contribution in [2.75, 3.05) is 13.1 Å². The third-order valence-corrected chi connectivity index (χ3v) is 6.23. The quantitative estimate of drug-likeness (QED) is 0.739. The minimum atomic E-state index is 0.0817. The third-order valence-electron chi connectivity index (χ3n) is 5.52. The maximum absolute atomic E-state index is 12.7. The van der Waals surface area contributed by atoms with Crippen molar-refractivity contribution < 1.29 is 4.79 Å². The van der Waals surface area contributed by atoms with Crippen LogP contribution in [-0.4, -0.2) is 29.9 Å². The first-order chi connectivity index (χ1) is 12.1. The predicted octanol–water partition coefficient (Wildman–Crippen LogP) is 5.04. The molecule has 2 aliphatic rings. The summed E-state index contributed by atoms with van der Waals surface area (Å²) in [5, 5.41) is 4.73. The van der Waals surface area contributed by atoms with Gasteiger partial charge in [0.25, 0.3) is 0 Å². The smallest absolute Gasteiger partial charge is 0.224 e. The van der Waals surface area contributed by atoms with Crippen LogP contribution in [-0.2, 0) is 11.3 Å². The Morgan fingerprint density at radius 1 is 1.04 bits per heavy atom. The van der Waals surface area contributed by atoms with Gasteiger partial charge in [0, 0.05) is 34.7 Å². The zero-order chi connectivity index (χ0) is 17.6. The largest absolute Gasteiger partial charge is 0.353 e. The molecule has 1 N–H and O–H groups in total. The molecule has 1 heterocycles. The first-order valence-corrected chi connectivity index (χ1v) is 10.3. The van der Waals surface area contributed by atoms with Gasteiger partial charge in [-0.15, -0.1) is 0 Å². The molecule has 1 aliphatic carbocycles. The second-order valence-corrected chi connectivity index (χ2v) is 8.29. The fourth-order valence-corrected chi connectivity index (χ4v) is 4.58. The molecule has 138 valence electrons. The second kappa shape index (κ2) is 9.25. The Balaban J connectivity index is 1.56. The Morgan fingerprint density at radius 2 is 1.72 bits per heavy atom. The van der Waals surface area contributed by atoms with E-state index in [2.05, 4.69) is 10.2 Å². The molecule has 1 saturated carbocycles. The second-order valence-electron chi connectivity index (χ2n) is 7.47. The summed E-state index contributed by atoms with van der Waals surface area (Å²) < 4.78 is 0. The number of hydrogen-bond donors (Lipinski definition) is 1. The van der Waals surface area contributed by atoms with Gasteiger partial charge in [0.2, 0.25) is 5.91 Å². The Hall–Kier alpha value is -0.770. The van der Waals surface area contributed by atoms with Crippen LogP contribution in [0.2, 0.25) is 10.0 Å². The van der Waals surface area contributed by atoms with Crippen LogP contribution >= 0.6 is 23.2 Å². The Bertz CT molecular complexity index is 565. The highest BCUT2D eigenvalue weighted by atomic mass is 35.5. The first kappa shape index (κ1) is 19.0. The van der Waals surface area contributed by atoms with Gasteiger partial charge >= 0.3 is 0 Å². The van der Waals surface area contributed by atoms with Crippen LogP contribution in [0, 0.1) is 5.92 Å². The number of benzene rings is 1. The molecule has 25 heavy (non-hydrogen) atoms. The Kier molecular flexibility index (Phi) is 7.03. The van der Waals surface area contributed by atoms with Gasteiger partial charge in [0.05, 0.1) is 5.92 Å². The number of piperidine rings is 1. The minimum Gasteiger partial charge on any atom is -0.353 e. The van der Waals surface area contributed by atoms with Crippen molar-refractivity contribution in [1.29, 1.82) is 0 Å². The van der Waals surface area contributed by atoms with Gasteiger partial charge in [0.1, 0.15) is 0 Å². The average molecular weight is 383 g/mol. The number of carbonyl (C=O) groups excluding carboxylic acids is 1. The summed E-state index contributed by atoms with van der Waals surface area (Å²) in [5.74, 6) is 0.320. The van der Waals surface area contributed by atoms with Crippen molar-refractivity contribution in [3.63, 3.8) is 0 Å². The van der Waals surface area contributed by atoms with Crippen LogP contribution in [0.4, 0.5) is 0 Å². The third kappa shape index (κ3) is 5.35. The minimum absolute atomic E-state index is 0.0817. The summed E-state index contributed by atoms with van der Waals surface area (Å²) in [6.45, 7) is 2.50. The molecular formula is C20H28Cl2N2O. The van der Waals surface area contributed by atoms with Gasteiger partial charge < -0.3 is 5.32 Å². The summed E-state index contributed by atoms with van der Waals surface area (Å²) in [6.07, 6.45) is 9.40. The van der Waals surface area contributed by atoms with Gasteiger partial charge in [-0.05, 0) is 44.4 Å². The topological polar surface area (TPSA) is 32.3 Å². The number of carbonyl (C=O) groups is 1. The monoisotopic (exact) mass is 382 g/mol. The van der Waals surface area contributed by atoms with Crippen LogP contribution in [0.25, 0.3) is 0 Å². The molecule has 2 fully saturated rings. The number of rotatable bonds is 4. The van der Waals surface area contributed by atoms with Crippen molar-refractivity contribution in [3.8, 4) is 0 Å². The lowest BCUT2D eigenvalue weighted by Crippen LogP contribution is -2.45. The molecular weight excluding hydrogens is 355 g/mol. The van der Waals surface area contributed by atoms with Crippen molar-refractivity contribution in [2.24, 2.45) is 5.92 Å². The molecule has 1 atom stereocenters. The van der Waals surface area contributed by atoms with Gasteiger partial charge in [-0.1, -0.05) is 55.0 Å². The fourth-order valence-electron chi connectivity index (χ4n) is 4.06. The summed E-state index contributed by atoms with van der Waals surface area (Å²) in [5.41, 5.74) is 0.968. The van der Waals surface area contributed by atoms with Gasteiger partial charge in [-0.25, -0.2) is 0 Å². The molecule has 1 unspecified atom stereocenters. The zero-order valence-electron chi connectivity index (χ0n) is 14.8. The van der Waals surface area contributed by atoms with Crippen LogP contribution in [0.15, 0.2) is 18.2 Å². The zero-order valence-corrected chi connectivity index (χ0v) is 16.3. The lowest BCUT2D eigenvalue weighted by molar-refractivity contribution is -0.127.